The lowest BCUT2D eigenvalue weighted by Gasteiger charge is -2.14. The molecule has 6 aromatic carbocycles. The van der Waals surface area contributed by atoms with Gasteiger partial charge in [-0.05, 0) is 73.5 Å². The highest BCUT2D eigenvalue weighted by Crippen LogP contribution is 2.40. The monoisotopic (exact) mass is 772 g/mol. The molecule has 2 heterocycles. The summed E-state index contributed by atoms with van der Waals surface area (Å²) in [7, 11) is 4.32. The summed E-state index contributed by atoms with van der Waals surface area (Å²) in [5, 5.41) is 25.9. The Balaban J connectivity index is 0.000000170. The number of rotatable bonds is 7. The first kappa shape index (κ1) is 40.2. The summed E-state index contributed by atoms with van der Waals surface area (Å²) in [6.45, 7) is 3.99. The molecule has 0 aliphatic carbocycles. The van der Waals surface area contributed by atoms with Crippen molar-refractivity contribution in [2.75, 3.05) is 13.2 Å². The molecule has 0 saturated carbocycles. The van der Waals surface area contributed by atoms with Crippen LogP contribution in [0.3, 0.4) is 0 Å². The van der Waals surface area contributed by atoms with Gasteiger partial charge in [0, 0.05) is 35.4 Å². The number of esters is 2. The quantitative estimate of drug-likeness (QED) is 0.108. The number of carbonyl (C=O) groups is 4. The maximum atomic E-state index is 11.1. The van der Waals surface area contributed by atoms with Crippen LogP contribution in [0.4, 0.5) is 0 Å². The number of aromatic carboxylic acids is 2. The summed E-state index contributed by atoms with van der Waals surface area (Å²) < 4.78 is 14.1. The molecule has 10 heteroatoms. The van der Waals surface area contributed by atoms with E-state index in [2.05, 4.69) is 120 Å². The number of hydrogen-bond donors (Lipinski definition) is 0. The smallest absolute Gasteiger partial charge is 0.338 e. The van der Waals surface area contributed by atoms with E-state index in [1.807, 2.05) is 0 Å². The molecule has 0 N–H and O–H groups in total. The van der Waals surface area contributed by atoms with Gasteiger partial charge in [0.05, 0.1) is 57.8 Å². The standard InChI is InChI=1S/C28H22N2.2C10H10O4/c1-29-23-15-7-3-11-19(23)27(20-12-4-8-16-24(20)29)28-21-13-5-9-17-25(21)30(2)26-18-10-6-14-22(26)28;2*1-2-14-10(13)8-5-3-7(4-6-8)9(11)12/h3-18H,1-2H3;2*3-6H,2H2,1H3,(H,11,12)/q+2;;/p-2. The van der Waals surface area contributed by atoms with Crippen molar-refractivity contribution in [1.82, 2.24) is 0 Å². The summed E-state index contributed by atoms with van der Waals surface area (Å²) in [6.07, 6.45) is 0. The highest BCUT2D eigenvalue weighted by Gasteiger charge is 2.25. The van der Waals surface area contributed by atoms with Gasteiger partial charge in [-0.3, -0.25) is 0 Å². The van der Waals surface area contributed by atoms with Gasteiger partial charge in [0.15, 0.2) is 0 Å². The number of hydrogen-bond acceptors (Lipinski definition) is 8. The van der Waals surface area contributed by atoms with Crippen molar-refractivity contribution < 1.29 is 48.0 Å². The predicted octanol–water partition coefficient (Wildman–Crippen LogP) is 6.07. The van der Waals surface area contributed by atoms with Crippen LogP contribution in [0.5, 0.6) is 0 Å². The zero-order valence-corrected chi connectivity index (χ0v) is 32.4. The summed E-state index contributed by atoms with van der Waals surface area (Å²) >= 11 is 0. The molecule has 0 unspecified atom stereocenters. The number of ether oxygens (including phenoxy) is 2. The Hall–Kier alpha value is -7.46. The zero-order valence-electron chi connectivity index (χ0n) is 32.4. The molecular weight excluding hydrogens is 733 g/mol. The second kappa shape index (κ2) is 18.0. The normalized spacial score (nSPS) is 10.6. The number of carboxylic acids is 2. The van der Waals surface area contributed by atoms with Gasteiger partial charge in [-0.2, -0.15) is 9.13 Å². The first-order valence-electron chi connectivity index (χ1n) is 18.6. The van der Waals surface area contributed by atoms with Gasteiger partial charge >= 0.3 is 11.9 Å². The van der Waals surface area contributed by atoms with Crippen LogP contribution in [0.25, 0.3) is 54.7 Å². The lowest BCUT2D eigenvalue weighted by atomic mass is 9.90. The van der Waals surface area contributed by atoms with Gasteiger partial charge in [-0.15, -0.1) is 0 Å². The van der Waals surface area contributed by atoms with Gasteiger partial charge in [-0.1, -0.05) is 72.8 Å². The van der Waals surface area contributed by atoms with Gasteiger partial charge in [0.25, 0.3) is 0 Å². The van der Waals surface area contributed by atoms with Gasteiger partial charge in [0.1, 0.15) is 14.1 Å². The largest absolute Gasteiger partial charge is 0.545 e. The van der Waals surface area contributed by atoms with Crippen LogP contribution in [0.1, 0.15) is 55.3 Å². The van der Waals surface area contributed by atoms with Gasteiger partial charge in [-0.25, -0.2) is 9.59 Å². The topological polar surface area (TPSA) is 141 Å². The van der Waals surface area contributed by atoms with Gasteiger partial charge in [0.2, 0.25) is 22.1 Å². The summed E-state index contributed by atoms with van der Waals surface area (Å²) in [4.78, 5) is 43.0. The van der Waals surface area contributed by atoms with E-state index in [1.165, 1.54) is 103 Å². The number of benzene rings is 6. The fraction of sp³-hybridized carbons (Fsp3) is 0.125. The van der Waals surface area contributed by atoms with Crippen molar-refractivity contribution in [2.45, 2.75) is 13.8 Å². The molecule has 58 heavy (non-hydrogen) atoms. The van der Waals surface area contributed by atoms with Crippen molar-refractivity contribution in [3.63, 3.8) is 0 Å². The van der Waals surface area contributed by atoms with Crippen molar-refractivity contribution in [3.8, 4) is 11.1 Å². The fourth-order valence-corrected chi connectivity index (χ4v) is 6.91. The third-order valence-electron chi connectivity index (χ3n) is 9.65. The van der Waals surface area contributed by atoms with Crippen molar-refractivity contribution in [3.05, 3.63) is 168 Å². The number of carboxylic acid groups (broad SMARTS) is 2. The molecule has 0 radical (unpaired) electrons. The molecule has 2 aromatic heterocycles. The fourth-order valence-electron chi connectivity index (χ4n) is 6.91. The minimum Gasteiger partial charge on any atom is -0.545 e. The Morgan fingerprint density at radius 3 is 0.897 bits per heavy atom. The lowest BCUT2D eigenvalue weighted by molar-refractivity contribution is -0.617. The van der Waals surface area contributed by atoms with Crippen LogP contribution in [0.2, 0.25) is 0 Å². The minimum atomic E-state index is -1.26. The van der Waals surface area contributed by atoms with E-state index in [9.17, 15) is 29.4 Å². The Labute approximate surface area is 334 Å². The molecule has 0 atom stereocenters. The van der Waals surface area contributed by atoms with Crippen LogP contribution >= 0.6 is 0 Å². The molecular formula is C48H40N2O8. The van der Waals surface area contributed by atoms with E-state index in [0.29, 0.717) is 24.3 Å². The average molecular weight is 773 g/mol. The lowest BCUT2D eigenvalue weighted by Crippen LogP contribution is -2.31. The number of carbonyl (C=O) groups excluding carboxylic acids is 4. The van der Waals surface area contributed by atoms with Crippen molar-refractivity contribution in [1.29, 1.82) is 0 Å². The molecule has 0 spiro atoms. The van der Waals surface area contributed by atoms with E-state index >= 15 is 0 Å². The van der Waals surface area contributed by atoms with Crippen LogP contribution in [-0.4, -0.2) is 37.1 Å². The van der Waals surface area contributed by atoms with E-state index in [-0.39, 0.29) is 11.1 Å². The summed E-state index contributed by atoms with van der Waals surface area (Å²) in [5.74, 6) is -3.45. The van der Waals surface area contributed by atoms with E-state index < -0.39 is 23.9 Å². The molecule has 0 saturated heterocycles. The molecule has 0 amide bonds. The molecule has 0 fully saturated rings. The number of nitrogens with zero attached hydrogens (tertiary/aromatic N) is 2. The highest BCUT2D eigenvalue weighted by atomic mass is 16.5. The first-order chi connectivity index (χ1) is 28.0. The molecule has 8 rings (SSSR count). The number of pyridine rings is 2. The number of para-hydroxylation sites is 4. The summed E-state index contributed by atoms with van der Waals surface area (Å²) in [5.41, 5.74) is 8.34. The highest BCUT2D eigenvalue weighted by molar-refractivity contribution is 6.18. The zero-order chi connectivity index (χ0) is 41.3. The maximum absolute atomic E-state index is 11.1. The molecule has 290 valence electrons. The SMILES string of the molecule is CCOC(=O)c1ccc(C(=O)[O-])cc1.CCOC(=O)c1ccc(C(=O)[O-])cc1.C[n+]1c2ccccc2c(-c2c3ccccc3[n+](C)c3ccccc23)c2ccccc21. The van der Waals surface area contributed by atoms with Crippen LogP contribution in [0.15, 0.2) is 146 Å². The number of aryl methyl sites for hydroxylation is 2. The van der Waals surface area contributed by atoms with E-state index in [1.54, 1.807) is 13.8 Å². The molecule has 0 aliphatic rings. The second-order valence-electron chi connectivity index (χ2n) is 13.1. The van der Waals surface area contributed by atoms with E-state index in [0.717, 1.165) is 0 Å². The maximum Gasteiger partial charge on any atom is 0.338 e. The minimum absolute atomic E-state index is 0.0399. The Kier molecular flexibility index (Phi) is 12.5. The third kappa shape index (κ3) is 8.36. The Morgan fingerprint density at radius 1 is 0.414 bits per heavy atom. The summed E-state index contributed by atoms with van der Waals surface area (Å²) in [6, 6.07) is 45.8. The molecule has 0 bridgehead atoms. The molecule has 8 aromatic rings. The third-order valence-corrected chi connectivity index (χ3v) is 9.65. The second-order valence-corrected chi connectivity index (χ2v) is 13.1. The Bertz CT molecular complexity index is 2510. The van der Waals surface area contributed by atoms with Crippen LogP contribution in [0, 0.1) is 0 Å². The number of fused-ring (bicyclic) bond motifs is 4. The van der Waals surface area contributed by atoms with Crippen LogP contribution < -0.4 is 19.3 Å². The molecule has 0 aliphatic heterocycles. The Morgan fingerprint density at radius 2 is 0.655 bits per heavy atom. The van der Waals surface area contributed by atoms with Crippen molar-refractivity contribution in [2.24, 2.45) is 14.1 Å². The van der Waals surface area contributed by atoms with E-state index in [4.69, 9.17) is 9.47 Å². The molecule has 10 nitrogen and oxygen atoms in total. The van der Waals surface area contributed by atoms with Crippen molar-refractivity contribution >= 4 is 67.5 Å². The predicted molar refractivity (Wildman–Crippen MR) is 218 cm³/mol. The number of aromatic nitrogens is 2. The van der Waals surface area contributed by atoms with Gasteiger partial charge < -0.3 is 29.3 Å². The average Bonchev–Trinajstić information content (AvgIpc) is 3.25. The first-order valence-corrected chi connectivity index (χ1v) is 18.6. The van der Waals surface area contributed by atoms with Crippen LogP contribution in [-0.2, 0) is 23.6 Å².